The molecule has 0 aliphatic carbocycles. The summed E-state index contributed by atoms with van der Waals surface area (Å²) in [4.78, 5) is 2.32. The Hall–Kier alpha value is -0.0600. The van der Waals surface area contributed by atoms with E-state index in [1.54, 1.807) is 0 Å². The normalized spacial score (nSPS) is 11.4. The largest absolute Gasteiger partial charge is 0.301 e. The highest BCUT2D eigenvalue weighted by Crippen LogP contribution is 2.21. The molecule has 18 heavy (non-hydrogen) atoms. The Morgan fingerprint density at radius 2 is 2.06 bits per heavy atom. The van der Waals surface area contributed by atoms with E-state index in [0.29, 0.717) is 0 Å². The highest BCUT2D eigenvalue weighted by molar-refractivity contribution is 9.09. The second-order valence-corrected chi connectivity index (χ2v) is 5.84. The minimum Gasteiger partial charge on any atom is -0.301 e. The predicted octanol–water partition coefficient (Wildman–Crippen LogP) is 3.63. The monoisotopic (exact) mass is 335 g/mol. The molecule has 0 unspecified atom stereocenters. The molecule has 1 aromatic rings. The number of rotatable bonds is 8. The van der Waals surface area contributed by atoms with E-state index in [4.69, 9.17) is 11.6 Å². The number of aryl methyl sites for hydroxylation is 2. The molecule has 0 amide bonds. The molecular formula is C13H23BrClN3. The van der Waals surface area contributed by atoms with Gasteiger partial charge in [0.25, 0.3) is 0 Å². The van der Waals surface area contributed by atoms with Crippen LogP contribution in [0.4, 0.5) is 0 Å². The number of aromatic nitrogens is 2. The van der Waals surface area contributed by atoms with E-state index in [9.17, 15) is 0 Å². The van der Waals surface area contributed by atoms with Gasteiger partial charge in [-0.25, -0.2) is 0 Å². The average Bonchev–Trinajstić information content (AvgIpc) is 2.62. The molecule has 1 rings (SSSR count). The van der Waals surface area contributed by atoms with Crippen LogP contribution in [0.25, 0.3) is 0 Å². The summed E-state index contributed by atoms with van der Waals surface area (Å²) in [6.45, 7) is 4.06. The molecule has 0 fully saturated rings. The number of nitrogens with zero attached hydrogens (tertiary/aromatic N) is 3. The van der Waals surface area contributed by atoms with Crippen molar-refractivity contribution in [2.75, 3.05) is 18.9 Å². The van der Waals surface area contributed by atoms with Gasteiger partial charge < -0.3 is 4.90 Å². The highest BCUT2D eigenvalue weighted by Gasteiger charge is 2.14. The number of hydrogen-bond acceptors (Lipinski definition) is 2. The second kappa shape index (κ2) is 8.18. The standard InChI is InChI=1S/C13H23BrClN3/c1-4-11-13(15)12(18(3)16-11)10-17(2)9-7-5-6-8-14/h4-10H2,1-3H3. The molecule has 1 aromatic heterocycles. The van der Waals surface area contributed by atoms with Gasteiger partial charge in [-0.3, -0.25) is 4.68 Å². The Balaban J connectivity index is 2.48. The van der Waals surface area contributed by atoms with Gasteiger partial charge in [0.15, 0.2) is 0 Å². The Kier molecular flexibility index (Phi) is 7.27. The smallest absolute Gasteiger partial charge is 0.0863 e. The van der Waals surface area contributed by atoms with Gasteiger partial charge in [-0.15, -0.1) is 0 Å². The maximum atomic E-state index is 6.34. The van der Waals surface area contributed by atoms with Crippen LogP contribution in [0, 0.1) is 0 Å². The lowest BCUT2D eigenvalue weighted by Gasteiger charge is -2.16. The molecule has 0 aliphatic rings. The van der Waals surface area contributed by atoms with Gasteiger partial charge in [-0.2, -0.15) is 5.10 Å². The number of unbranched alkanes of at least 4 members (excludes halogenated alkanes) is 2. The molecular weight excluding hydrogens is 314 g/mol. The zero-order chi connectivity index (χ0) is 13.5. The minimum atomic E-state index is 0.840. The Labute approximate surface area is 124 Å². The fourth-order valence-electron chi connectivity index (χ4n) is 1.98. The Morgan fingerprint density at radius 1 is 1.33 bits per heavy atom. The zero-order valence-electron chi connectivity index (χ0n) is 11.5. The van der Waals surface area contributed by atoms with Gasteiger partial charge in [-0.1, -0.05) is 40.9 Å². The first kappa shape index (κ1) is 16.0. The fraction of sp³-hybridized carbons (Fsp3) is 0.769. The molecule has 1 heterocycles. The van der Waals surface area contributed by atoms with Crippen molar-refractivity contribution >= 4 is 27.5 Å². The van der Waals surface area contributed by atoms with Crippen LogP contribution in [0.3, 0.4) is 0 Å². The van der Waals surface area contributed by atoms with Crippen LogP contribution < -0.4 is 0 Å². The van der Waals surface area contributed by atoms with Gasteiger partial charge >= 0.3 is 0 Å². The molecule has 0 saturated carbocycles. The Morgan fingerprint density at radius 3 is 2.61 bits per heavy atom. The first-order valence-electron chi connectivity index (χ1n) is 6.54. The first-order chi connectivity index (χ1) is 8.60. The fourth-order valence-corrected chi connectivity index (χ4v) is 2.73. The molecule has 104 valence electrons. The van der Waals surface area contributed by atoms with Gasteiger partial charge in [0.1, 0.15) is 0 Å². The van der Waals surface area contributed by atoms with Crippen molar-refractivity contribution in [2.24, 2.45) is 7.05 Å². The lowest BCUT2D eigenvalue weighted by molar-refractivity contribution is 0.309. The van der Waals surface area contributed by atoms with Crippen molar-refractivity contribution in [3.63, 3.8) is 0 Å². The predicted molar refractivity (Wildman–Crippen MR) is 81.6 cm³/mol. The number of alkyl halides is 1. The summed E-state index contributed by atoms with van der Waals surface area (Å²) in [7, 11) is 4.11. The molecule has 3 nitrogen and oxygen atoms in total. The van der Waals surface area contributed by atoms with Crippen molar-refractivity contribution in [1.82, 2.24) is 14.7 Å². The van der Waals surface area contributed by atoms with Crippen LogP contribution in [0.15, 0.2) is 0 Å². The van der Waals surface area contributed by atoms with E-state index in [1.807, 2.05) is 11.7 Å². The van der Waals surface area contributed by atoms with Crippen LogP contribution in [0.1, 0.15) is 37.6 Å². The molecule has 0 atom stereocenters. The van der Waals surface area contributed by atoms with E-state index >= 15 is 0 Å². The SMILES string of the molecule is CCc1nn(C)c(CN(C)CCCCCBr)c1Cl. The highest BCUT2D eigenvalue weighted by atomic mass is 79.9. The third-order valence-corrected chi connectivity index (χ3v) is 4.09. The quantitative estimate of drug-likeness (QED) is 0.534. The van der Waals surface area contributed by atoms with Crippen LogP contribution in [0.5, 0.6) is 0 Å². The lowest BCUT2D eigenvalue weighted by atomic mass is 10.2. The molecule has 0 bridgehead atoms. The zero-order valence-corrected chi connectivity index (χ0v) is 13.9. The van der Waals surface area contributed by atoms with Crippen molar-refractivity contribution in [2.45, 2.75) is 39.2 Å². The van der Waals surface area contributed by atoms with E-state index in [2.05, 4.69) is 39.9 Å². The molecule has 0 radical (unpaired) electrons. The summed E-state index contributed by atoms with van der Waals surface area (Å²) in [6, 6.07) is 0. The van der Waals surface area contributed by atoms with Gasteiger partial charge in [0.2, 0.25) is 0 Å². The third kappa shape index (κ3) is 4.56. The molecule has 0 spiro atoms. The van der Waals surface area contributed by atoms with Crippen LogP contribution in [-0.4, -0.2) is 33.6 Å². The van der Waals surface area contributed by atoms with Crippen LogP contribution in [-0.2, 0) is 20.0 Å². The van der Waals surface area contributed by atoms with Crippen LogP contribution in [0.2, 0.25) is 5.02 Å². The third-order valence-electron chi connectivity index (χ3n) is 3.10. The summed E-state index contributed by atoms with van der Waals surface area (Å²) in [5.74, 6) is 0. The van der Waals surface area contributed by atoms with Gasteiger partial charge in [0.05, 0.1) is 16.4 Å². The van der Waals surface area contributed by atoms with E-state index in [1.165, 1.54) is 19.3 Å². The van der Waals surface area contributed by atoms with E-state index in [-0.39, 0.29) is 0 Å². The maximum absolute atomic E-state index is 6.34. The molecule has 0 aliphatic heterocycles. The summed E-state index contributed by atoms with van der Waals surface area (Å²) in [6.07, 6.45) is 4.65. The van der Waals surface area contributed by atoms with E-state index < -0.39 is 0 Å². The minimum absolute atomic E-state index is 0.840. The van der Waals surface area contributed by atoms with Crippen molar-refractivity contribution in [3.8, 4) is 0 Å². The molecule has 0 N–H and O–H groups in total. The summed E-state index contributed by atoms with van der Waals surface area (Å²) in [5.41, 5.74) is 2.12. The maximum Gasteiger partial charge on any atom is 0.0863 e. The van der Waals surface area contributed by atoms with Crippen LogP contribution >= 0.6 is 27.5 Å². The molecule has 5 heteroatoms. The summed E-state index contributed by atoms with van der Waals surface area (Å²) in [5, 5.41) is 6.38. The van der Waals surface area contributed by atoms with Crippen molar-refractivity contribution in [1.29, 1.82) is 0 Å². The summed E-state index contributed by atoms with van der Waals surface area (Å²) >= 11 is 9.80. The van der Waals surface area contributed by atoms with Crippen molar-refractivity contribution in [3.05, 3.63) is 16.4 Å². The molecule has 0 aromatic carbocycles. The lowest BCUT2D eigenvalue weighted by Crippen LogP contribution is -2.21. The number of hydrogen-bond donors (Lipinski definition) is 0. The second-order valence-electron chi connectivity index (χ2n) is 4.67. The van der Waals surface area contributed by atoms with E-state index in [0.717, 1.165) is 41.3 Å². The van der Waals surface area contributed by atoms with Gasteiger partial charge in [0, 0.05) is 18.9 Å². The van der Waals surface area contributed by atoms with Gasteiger partial charge in [-0.05, 0) is 32.9 Å². The summed E-state index contributed by atoms with van der Waals surface area (Å²) < 4.78 is 1.91. The molecule has 0 saturated heterocycles. The number of halogens is 2. The average molecular weight is 337 g/mol. The first-order valence-corrected chi connectivity index (χ1v) is 8.04. The van der Waals surface area contributed by atoms with Crippen molar-refractivity contribution < 1.29 is 0 Å². The Bertz CT molecular complexity index is 365. The topological polar surface area (TPSA) is 21.1 Å².